The third-order valence-electron chi connectivity index (χ3n) is 2.04. The minimum Gasteiger partial charge on any atom is -0.327 e. The Balaban J connectivity index is 2.68. The summed E-state index contributed by atoms with van der Waals surface area (Å²) < 4.78 is 26.3. The maximum atomic E-state index is 11.7. The van der Waals surface area contributed by atoms with Crippen molar-refractivity contribution < 1.29 is 8.42 Å². The van der Waals surface area contributed by atoms with Crippen molar-refractivity contribution in [3.8, 4) is 0 Å². The lowest BCUT2D eigenvalue weighted by atomic mass is 10.2. The zero-order valence-electron chi connectivity index (χ0n) is 8.86. The van der Waals surface area contributed by atoms with E-state index in [0.717, 1.165) is 11.3 Å². The number of nitrogens with one attached hydrogen (secondary N) is 1. The van der Waals surface area contributed by atoms with Crippen LogP contribution in [0.15, 0.2) is 16.3 Å². The van der Waals surface area contributed by atoms with Gasteiger partial charge in [0.05, 0.1) is 0 Å². The monoisotopic (exact) mass is 248 g/mol. The molecule has 1 aromatic heterocycles. The molecule has 1 unspecified atom stereocenters. The SMILES string of the molecule is CCC(N)CNS(=O)(=O)c1ccc(C)s1. The molecule has 0 aliphatic rings. The van der Waals surface area contributed by atoms with E-state index in [1.54, 1.807) is 12.1 Å². The fraction of sp³-hybridized carbons (Fsp3) is 0.556. The third kappa shape index (κ3) is 3.57. The molecule has 6 heteroatoms. The van der Waals surface area contributed by atoms with Gasteiger partial charge in [-0.15, -0.1) is 11.3 Å². The Morgan fingerprint density at radius 3 is 2.67 bits per heavy atom. The summed E-state index contributed by atoms with van der Waals surface area (Å²) in [5.41, 5.74) is 5.64. The number of nitrogens with two attached hydrogens (primary N) is 1. The molecule has 1 aromatic rings. The zero-order valence-corrected chi connectivity index (χ0v) is 10.5. The van der Waals surface area contributed by atoms with Gasteiger partial charge in [-0.05, 0) is 25.5 Å². The Morgan fingerprint density at radius 2 is 2.20 bits per heavy atom. The molecule has 86 valence electrons. The van der Waals surface area contributed by atoms with Crippen molar-refractivity contribution in [3.63, 3.8) is 0 Å². The van der Waals surface area contributed by atoms with Gasteiger partial charge in [0.25, 0.3) is 0 Å². The molecule has 1 heterocycles. The lowest BCUT2D eigenvalue weighted by Gasteiger charge is -2.09. The van der Waals surface area contributed by atoms with Gasteiger partial charge in [0.1, 0.15) is 4.21 Å². The Bertz CT molecular complexity index is 412. The second-order valence-electron chi connectivity index (χ2n) is 3.39. The van der Waals surface area contributed by atoms with Crippen molar-refractivity contribution >= 4 is 21.4 Å². The van der Waals surface area contributed by atoms with E-state index in [2.05, 4.69) is 4.72 Å². The lowest BCUT2D eigenvalue weighted by molar-refractivity contribution is 0.566. The molecule has 1 rings (SSSR count). The fourth-order valence-corrected chi connectivity index (χ4v) is 3.41. The summed E-state index contributed by atoms with van der Waals surface area (Å²) in [6.07, 6.45) is 0.756. The van der Waals surface area contributed by atoms with E-state index in [0.29, 0.717) is 4.21 Å². The molecule has 0 aliphatic heterocycles. The summed E-state index contributed by atoms with van der Waals surface area (Å²) in [5, 5.41) is 0. The largest absolute Gasteiger partial charge is 0.327 e. The molecule has 0 amide bonds. The maximum Gasteiger partial charge on any atom is 0.250 e. The van der Waals surface area contributed by atoms with Crippen LogP contribution in [0.3, 0.4) is 0 Å². The normalized spacial score (nSPS) is 14.1. The minimum atomic E-state index is -3.36. The first-order chi connectivity index (χ1) is 6.95. The number of aryl methyl sites for hydroxylation is 1. The van der Waals surface area contributed by atoms with E-state index >= 15 is 0 Å². The molecule has 0 bridgehead atoms. The first-order valence-electron chi connectivity index (χ1n) is 4.77. The molecule has 0 spiro atoms. The van der Waals surface area contributed by atoms with Crippen LogP contribution in [0, 0.1) is 6.92 Å². The topological polar surface area (TPSA) is 72.2 Å². The molecule has 15 heavy (non-hydrogen) atoms. The smallest absolute Gasteiger partial charge is 0.250 e. The van der Waals surface area contributed by atoms with Gasteiger partial charge >= 0.3 is 0 Å². The summed E-state index contributed by atoms with van der Waals surface area (Å²) in [7, 11) is -3.36. The highest BCUT2D eigenvalue weighted by atomic mass is 32.2. The molecular formula is C9H16N2O2S2. The molecule has 4 nitrogen and oxygen atoms in total. The number of hydrogen-bond acceptors (Lipinski definition) is 4. The van der Waals surface area contributed by atoms with Crippen LogP contribution in [0.5, 0.6) is 0 Å². The van der Waals surface area contributed by atoms with Crippen LogP contribution >= 0.6 is 11.3 Å². The summed E-state index contributed by atoms with van der Waals surface area (Å²) in [6.45, 7) is 4.09. The van der Waals surface area contributed by atoms with Gasteiger partial charge in [0.15, 0.2) is 0 Å². The molecule has 0 aliphatic carbocycles. The van der Waals surface area contributed by atoms with E-state index < -0.39 is 10.0 Å². The van der Waals surface area contributed by atoms with E-state index in [1.165, 1.54) is 11.3 Å². The van der Waals surface area contributed by atoms with Crippen LogP contribution in [0.1, 0.15) is 18.2 Å². The Morgan fingerprint density at radius 1 is 1.53 bits per heavy atom. The Kier molecular flexibility index (Phi) is 4.27. The predicted molar refractivity (Wildman–Crippen MR) is 62.5 cm³/mol. The van der Waals surface area contributed by atoms with Gasteiger partial charge in [-0.1, -0.05) is 6.92 Å². The molecule has 0 radical (unpaired) electrons. The molecule has 3 N–H and O–H groups in total. The zero-order chi connectivity index (χ0) is 11.5. The van der Waals surface area contributed by atoms with Gasteiger partial charge in [-0.25, -0.2) is 13.1 Å². The van der Waals surface area contributed by atoms with E-state index in [4.69, 9.17) is 5.73 Å². The summed E-state index contributed by atoms with van der Waals surface area (Å²) in [6, 6.07) is 3.28. The summed E-state index contributed by atoms with van der Waals surface area (Å²) >= 11 is 1.26. The average molecular weight is 248 g/mol. The van der Waals surface area contributed by atoms with E-state index in [1.807, 2.05) is 13.8 Å². The van der Waals surface area contributed by atoms with Crippen LogP contribution in [0.25, 0.3) is 0 Å². The van der Waals surface area contributed by atoms with E-state index in [-0.39, 0.29) is 12.6 Å². The van der Waals surface area contributed by atoms with Crippen molar-refractivity contribution in [3.05, 3.63) is 17.0 Å². The number of sulfonamides is 1. The van der Waals surface area contributed by atoms with Crippen molar-refractivity contribution in [1.82, 2.24) is 4.72 Å². The standard InChI is InChI=1S/C9H16N2O2S2/c1-3-8(10)6-11-15(12,13)9-5-4-7(2)14-9/h4-5,8,11H,3,6,10H2,1-2H3. The molecule has 0 aromatic carbocycles. The van der Waals surface area contributed by atoms with Crippen LogP contribution in [0.4, 0.5) is 0 Å². The van der Waals surface area contributed by atoms with Crippen molar-refractivity contribution in [1.29, 1.82) is 0 Å². The molecule has 1 atom stereocenters. The van der Waals surface area contributed by atoms with Gasteiger partial charge < -0.3 is 5.73 Å². The highest BCUT2D eigenvalue weighted by Gasteiger charge is 2.16. The first kappa shape index (κ1) is 12.6. The number of rotatable bonds is 5. The summed E-state index contributed by atoms with van der Waals surface area (Å²) in [5.74, 6) is 0. The van der Waals surface area contributed by atoms with Crippen LogP contribution in [-0.4, -0.2) is 21.0 Å². The van der Waals surface area contributed by atoms with Gasteiger partial charge in [-0.3, -0.25) is 0 Å². The summed E-state index contributed by atoms with van der Waals surface area (Å²) in [4.78, 5) is 0.982. The van der Waals surface area contributed by atoms with Crippen LogP contribution in [0.2, 0.25) is 0 Å². The van der Waals surface area contributed by atoms with Crippen molar-refractivity contribution in [2.45, 2.75) is 30.5 Å². The van der Waals surface area contributed by atoms with Crippen LogP contribution in [-0.2, 0) is 10.0 Å². The second-order valence-corrected chi connectivity index (χ2v) is 6.67. The highest BCUT2D eigenvalue weighted by Crippen LogP contribution is 2.20. The highest BCUT2D eigenvalue weighted by molar-refractivity contribution is 7.91. The third-order valence-corrected chi connectivity index (χ3v) is 4.96. The predicted octanol–water partition coefficient (Wildman–Crippen LogP) is 1.07. The van der Waals surface area contributed by atoms with Crippen molar-refractivity contribution in [2.24, 2.45) is 5.73 Å². The van der Waals surface area contributed by atoms with Crippen LogP contribution < -0.4 is 10.5 Å². The van der Waals surface area contributed by atoms with Gasteiger partial charge in [0.2, 0.25) is 10.0 Å². The van der Waals surface area contributed by atoms with Gasteiger partial charge in [0, 0.05) is 17.5 Å². The quantitative estimate of drug-likeness (QED) is 0.819. The molecular weight excluding hydrogens is 232 g/mol. The lowest BCUT2D eigenvalue weighted by Crippen LogP contribution is -2.36. The van der Waals surface area contributed by atoms with Crippen molar-refractivity contribution in [2.75, 3.05) is 6.54 Å². The van der Waals surface area contributed by atoms with E-state index in [9.17, 15) is 8.42 Å². The molecule has 0 saturated heterocycles. The Hall–Kier alpha value is -0.430. The average Bonchev–Trinajstić information content (AvgIpc) is 2.62. The fourth-order valence-electron chi connectivity index (χ4n) is 0.989. The Labute approximate surface area is 94.5 Å². The maximum absolute atomic E-state index is 11.7. The second kappa shape index (κ2) is 5.07. The first-order valence-corrected chi connectivity index (χ1v) is 7.07. The number of hydrogen-bond donors (Lipinski definition) is 2. The minimum absolute atomic E-state index is 0.124. The number of thiophene rings is 1. The molecule has 0 saturated carbocycles. The van der Waals surface area contributed by atoms with Gasteiger partial charge in [-0.2, -0.15) is 0 Å². The molecule has 0 fully saturated rings.